The predicted molar refractivity (Wildman–Crippen MR) is 76.2 cm³/mol. The number of anilines is 1. The summed E-state index contributed by atoms with van der Waals surface area (Å²) in [5, 5.41) is 0. The maximum atomic E-state index is 13.5. The molecule has 0 fully saturated rings. The van der Waals surface area contributed by atoms with E-state index in [4.69, 9.17) is 15.2 Å². The van der Waals surface area contributed by atoms with Crippen molar-refractivity contribution in [3.05, 3.63) is 46.4 Å². The zero-order valence-corrected chi connectivity index (χ0v) is 12.2. The summed E-state index contributed by atoms with van der Waals surface area (Å²) in [7, 11) is 0. The highest BCUT2D eigenvalue weighted by Crippen LogP contribution is 2.34. The Balaban J connectivity index is 2.32. The summed E-state index contributed by atoms with van der Waals surface area (Å²) >= 11 is 3.05. The molecule has 0 aliphatic carbocycles. The van der Waals surface area contributed by atoms with E-state index >= 15 is 0 Å². The van der Waals surface area contributed by atoms with Gasteiger partial charge >= 0.3 is 0 Å². The van der Waals surface area contributed by atoms with Crippen molar-refractivity contribution in [2.75, 3.05) is 12.3 Å². The van der Waals surface area contributed by atoms with Gasteiger partial charge < -0.3 is 15.2 Å². The highest BCUT2D eigenvalue weighted by atomic mass is 79.9. The summed E-state index contributed by atoms with van der Waals surface area (Å²) in [5.74, 6) is -0.538. The van der Waals surface area contributed by atoms with Crippen LogP contribution in [0.5, 0.6) is 17.2 Å². The van der Waals surface area contributed by atoms with Gasteiger partial charge in [-0.25, -0.2) is 8.78 Å². The van der Waals surface area contributed by atoms with Crippen LogP contribution in [0.4, 0.5) is 14.5 Å². The molecule has 2 rings (SSSR count). The van der Waals surface area contributed by atoms with Gasteiger partial charge in [0.15, 0.2) is 17.3 Å². The predicted octanol–water partition coefficient (Wildman–Crippen LogP) is 4.50. The molecular weight excluding hydrogens is 332 g/mol. The lowest BCUT2D eigenvalue weighted by atomic mass is 10.2. The van der Waals surface area contributed by atoms with E-state index < -0.39 is 11.6 Å². The molecule has 0 aromatic heterocycles. The number of hydrogen-bond acceptors (Lipinski definition) is 3. The van der Waals surface area contributed by atoms with Crippen molar-refractivity contribution >= 4 is 21.6 Å². The van der Waals surface area contributed by atoms with Crippen LogP contribution in [0, 0.1) is 11.6 Å². The fourth-order valence-corrected chi connectivity index (χ4v) is 1.82. The Hall–Kier alpha value is -1.82. The second-order valence-corrected chi connectivity index (χ2v) is 4.79. The third-order valence-corrected chi connectivity index (χ3v) is 3.13. The highest BCUT2D eigenvalue weighted by Gasteiger charge is 2.11. The number of nitrogen functional groups attached to an aromatic ring is 1. The van der Waals surface area contributed by atoms with Gasteiger partial charge in [-0.15, -0.1) is 0 Å². The van der Waals surface area contributed by atoms with E-state index in [0.717, 1.165) is 6.07 Å². The summed E-state index contributed by atoms with van der Waals surface area (Å²) < 4.78 is 37.9. The largest absolute Gasteiger partial charge is 0.491 e. The normalized spacial score (nSPS) is 10.4. The molecule has 0 amide bonds. The molecule has 0 aliphatic rings. The van der Waals surface area contributed by atoms with Gasteiger partial charge in [-0.1, -0.05) is 0 Å². The first-order valence-corrected chi connectivity index (χ1v) is 6.65. The van der Waals surface area contributed by atoms with Gasteiger partial charge in [0, 0.05) is 18.2 Å². The van der Waals surface area contributed by atoms with Crippen LogP contribution in [0.1, 0.15) is 6.92 Å². The zero-order chi connectivity index (χ0) is 14.7. The summed E-state index contributed by atoms with van der Waals surface area (Å²) in [6.45, 7) is 2.05. The number of halogens is 3. The first-order valence-electron chi connectivity index (χ1n) is 5.86. The number of benzene rings is 2. The molecule has 106 valence electrons. The standard InChI is InChI=1S/C14H12BrF2NO2/c1-2-19-13-7-14(12(18)6-11(13)17)20-8-3-4-9(15)10(16)5-8/h3-7H,2,18H2,1H3. The number of nitrogens with two attached hydrogens (primary N) is 1. The molecule has 2 aromatic rings. The average Bonchev–Trinajstić information content (AvgIpc) is 2.39. The Morgan fingerprint density at radius 1 is 1.10 bits per heavy atom. The second-order valence-electron chi connectivity index (χ2n) is 3.93. The monoisotopic (exact) mass is 343 g/mol. The van der Waals surface area contributed by atoms with Crippen molar-refractivity contribution in [3.63, 3.8) is 0 Å². The molecule has 2 aromatic carbocycles. The summed E-state index contributed by atoms with van der Waals surface area (Å²) in [5.41, 5.74) is 5.78. The Morgan fingerprint density at radius 2 is 1.85 bits per heavy atom. The Bertz CT molecular complexity index is 635. The minimum absolute atomic E-state index is 0.0364. The van der Waals surface area contributed by atoms with E-state index in [1.807, 2.05) is 0 Å². The second kappa shape index (κ2) is 6.09. The van der Waals surface area contributed by atoms with E-state index in [1.54, 1.807) is 13.0 Å². The molecule has 0 saturated carbocycles. The molecule has 3 nitrogen and oxygen atoms in total. The molecule has 2 N–H and O–H groups in total. The van der Waals surface area contributed by atoms with Gasteiger partial charge in [-0.05, 0) is 35.0 Å². The van der Waals surface area contributed by atoms with Gasteiger partial charge in [0.2, 0.25) is 0 Å². The van der Waals surface area contributed by atoms with Gasteiger partial charge in [0.05, 0.1) is 16.8 Å². The van der Waals surface area contributed by atoms with E-state index in [9.17, 15) is 8.78 Å². The average molecular weight is 344 g/mol. The lowest BCUT2D eigenvalue weighted by Gasteiger charge is -2.12. The van der Waals surface area contributed by atoms with Crippen LogP contribution in [0.25, 0.3) is 0 Å². The van der Waals surface area contributed by atoms with Gasteiger partial charge in [0.25, 0.3) is 0 Å². The van der Waals surface area contributed by atoms with Crippen LogP contribution in [0.15, 0.2) is 34.8 Å². The van der Waals surface area contributed by atoms with Crippen molar-refractivity contribution in [1.29, 1.82) is 0 Å². The fourth-order valence-electron chi connectivity index (χ4n) is 1.57. The van der Waals surface area contributed by atoms with Crippen molar-refractivity contribution in [2.24, 2.45) is 0 Å². The van der Waals surface area contributed by atoms with Gasteiger partial charge in [-0.3, -0.25) is 0 Å². The summed E-state index contributed by atoms with van der Waals surface area (Å²) in [6, 6.07) is 6.72. The minimum atomic E-state index is -0.571. The van der Waals surface area contributed by atoms with Gasteiger partial charge in [0.1, 0.15) is 11.6 Å². The third-order valence-electron chi connectivity index (χ3n) is 2.48. The highest BCUT2D eigenvalue weighted by molar-refractivity contribution is 9.10. The number of rotatable bonds is 4. The fraction of sp³-hybridized carbons (Fsp3) is 0.143. The number of ether oxygens (including phenoxy) is 2. The van der Waals surface area contributed by atoms with Crippen molar-refractivity contribution in [1.82, 2.24) is 0 Å². The van der Waals surface area contributed by atoms with E-state index in [-0.39, 0.29) is 22.9 Å². The number of hydrogen-bond donors (Lipinski definition) is 1. The van der Waals surface area contributed by atoms with Crippen molar-refractivity contribution < 1.29 is 18.3 Å². The summed E-state index contributed by atoms with van der Waals surface area (Å²) in [4.78, 5) is 0. The van der Waals surface area contributed by atoms with E-state index in [2.05, 4.69) is 15.9 Å². The van der Waals surface area contributed by atoms with Crippen LogP contribution in [0.3, 0.4) is 0 Å². The molecule has 0 atom stereocenters. The van der Waals surface area contributed by atoms with Crippen LogP contribution >= 0.6 is 15.9 Å². The molecule has 20 heavy (non-hydrogen) atoms. The molecule has 0 unspecified atom stereocenters. The molecule has 6 heteroatoms. The molecule has 0 heterocycles. The molecule has 0 spiro atoms. The van der Waals surface area contributed by atoms with Crippen molar-refractivity contribution in [2.45, 2.75) is 6.92 Å². The van der Waals surface area contributed by atoms with Crippen LogP contribution < -0.4 is 15.2 Å². The van der Waals surface area contributed by atoms with Crippen LogP contribution in [0.2, 0.25) is 0 Å². The topological polar surface area (TPSA) is 44.5 Å². The third kappa shape index (κ3) is 3.19. The quantitative estimate of drug-likeness (QED) is 0.831. The van der Waals surface area contributed by atoms with Crippen LogP contribution in [-0.4, -0.2) is 6.61 Å². The Kier molecular flexibility index (Phi) is 4.44. The maximum absolute atomic E-state index is 13.5. The van der Waals surface area contributed by atoms with E-state index in [0.29, 0.717) is 11.1 Å². The molecule has 0 aliphatic heterocycles. The minimum Gasteiger partial charge on any atom is -0.491 e. The smallest absolute Gasteiger partial charge is 0.167 e. The first kappa shape index (κ1) is 14.6. The van der Waals surface area contributed by atoms with Crippen molar-refractivity contribution in [3.8, 4) is 17.2 Å². The first-order chi connectivity index (χ1) is 9.51. The van der Waals surface area contributed by atoms with Gasteiger partial charge in [-0.2, -0.15) is 0 Å². The SMILES string of the molecule is CCOc1cc(Oc2ccc(Br)c(F)c2)c(N)cc1F. The molecule has 0 radical (unpaired) electrons. The molecule has 0 bridgehead atoms. The lowest BCUT2D eigenvalue weighted by Crippen LogP contribution is -1.99. The van der Waals surface area contributed by atoms with E-state index in [1.165, 1.54) is 18.2 Å². The Labute approximate surface area is 123 Å². The Morgan fingerprint density at radius 3 is 2.50 bits per heavy atom. The van der Waals surface area contributed by atoms with Crippen LogP contribution in [-0.2, 0) is 0 Å². The molecule has 0 saturated heterocycles. The zero-order valence-electron chi connectivity index (χ0n) is 10.6. The summed E-state index contributed by atoms with van der Waals surface area (Å²) in [6.07, 6.45) is 0. The lowest BCUT2D eigenvalue weighted by molar-refractivity contribution is 0.319. The molecular formula is C14H12BrF2NO2. The maximum Gasteiger partial charge on any atom is 0.167 e.